The first-order valence-electron chi connectivity index (χ1n) is 30.8. The van der Waals surface area contributed by atoms with Crippen LogP contribution in [0.15, 0.2) is 0 Å². The number of esters is 2. The van der Waals surface area contributed by atoms with Crippen LogP contribution >= 0.6 is 0 Å². The third-order valence-electron chi connectivity index (χ3n) is 16.9. The summed E-state index contributed by atoms with van der Waals surface area (Å²) in [5, 5.41) is 101. The van der Waals surface area contributed by atoms with Crippen molar-refractivity contribution in [1.82, 2.24) is 0 Å². The summed E-state index contributed by atoms with van der Waals surface area (Å²) in [7, 11) is 0. The van der Waals surface area contributed by atoms with Crippen molar-refractivity contribution in [3.8, 4) is 0 Å². The van der Waals surface area contributed by atoms with Crippen molar-refractivity contribution in [1.29, 1.82) is 0 Å². The van der Waals surface area contributed by atoms with Gasteiger partial charge in [-0.05, 0) is 60.3 Å². The van der Waals surface area contributed by atoms with Gasteiger partial charge in [-0.15, -0.1) is 0 Å². The first-order valence-corrected chi connectivity index (χ1v) is 30.8. The van der Waals surface area contributed by atoms with Crippen LogP contribution in [0.5, 0.6) is 0 Å². The highest BCUT2D eigenvalue weighted by Gasteiger charge is 2.58. The molecule has 0 unspecified atom stereocenters. The van der Waals surface area contributed by atoms with Gasteiger partial charge in [-0.3, -0.25) is 9.59 Å². The number of carbonyl (C=O) groups is 2. The molecule has 81 heavy (non-hydrogen) atoms. The second-order valence-electron chi connectivity index (χ2n) is 23.6. The van der Waals surface area contributed by atoms with Crippen molar-refractivity contribution in [2.24, 2.45) is 0 Å². The number of unbranched alkanes of at least 4 members (excludes halogenated alkanes) is 10. The Bertz CT molecular complexity index is 1800. The van der Waals surface area contributed by atoms with E-state index in [1.54, 1.807) is 13.8 Å². The first-order chi connectivity index (χ1) is 38.7. The van der Waals surface area contributed by atoms with Gasteiger partial charge in [-0.1, -0.05) is 123 Å². The van der Waals surface area contributed by atoms with Gasteiger partial charge in [0.2, 0.25) is 0 Å². The molecular formula is C58H102O23. The number of hydrogen-bond donors (Lipinski definition) is 9. The van der Waals surface area contributed by atoms with E-state index in [1.165, 1.54) is 33.6 Å². The fourth-order valence-corrected chi connectivity index (χ4v) is 11.7. The number of aliphatic hydroxyl groups is 9. The summed E-state index contributed by atoms with van der Waals surface area (Å²) in [5.41, 5.74) is 0. The van der Waals surface area contributed by atoms with Crippen molar-refractivity contribution in [2.75, 3.05) is 0 Å². The molecule has 0 aliphatic carbocycles. The number of fused-ring (bicyclic) bond motifs is 3. The van der Waals surface area contributed by atoms with Crippen LogP contribution in [-0.4, -0.2) is 218 Å². The van der Waals surface area contributed by atoms with Crippen molar-refractivity contribution >= 4 is 11.9 Å². The summed E-state index contributed by atoms with van der Waals surface area (Å²) in [6, 6.07) is 0. The Morgan fingerprint density at radius 1 is 0.432 bits per heavy atom. The zero-order valence-electron chi connectivity index (χ0n) is 49.0. The Balaban J connectivity index is 1.34. The Hall–Kier alpha value is -1.82. The Morgan fingerprint density at radius 2 is 0.914 bits per heavy atom. The maximum Gasteiger partial charge on any atom is 0.306 e. The lowest BCUT2D eigenvalue weighted by Crippen LogP contribution is -2.68. The number of hydrogen-bond acceptors (Lipinski definition) is 23. The average Bonchev–Trinajstić information content (AvgIpc) is 3.48. The molecule has 6 saturated heterocycles. The Kier molecular flexibility index (Phi) is 28.6. The average molecular weight is 1170 g/mol. The van der Waals surface area contributed by atoms with Crippen LogP contribution in [0.25, 0.3) is 0 Å². The van der Waals surface area contributed by atoms with Crippen molar-refractivity contribution in [3.05, 3.63) is 0 Å². The van der Waals surface area contributed by atoms with Crippen LogP contribution in [-0.2, 0) is 66.4 Å². The van der Waals surface area contributed by atoms with Crippen LogP contribution in [0.2, 0.25) is 0 Å². The minimum absolute atomic E-state index is 0.0155. The van der Waals surface area contributed by atoms with Gasteiger partial charge in [-0.25, -0.2) is 0 Å². The molecule has 472 valence electrons. The lowest BCUT2D eigenvalue weighted by molar-refractivity contribution is -0.399. The highest BCUT2D eigenvalue weighted by Crippen LogP contribution is 2.39. The van der Waals surface area contributed by atoms with E-state index in [0.717, 1.165) is 109 Å². The van der Waals surface area contributed by atoms with Crippen LogP contribution in [0.4, 0.5) is 0 Å². The molecule has 0 spiro atoms. The summed E-state index contributed by atoms with van der Waals surface area (Å²) < 4.78 is 76.0. The van der Waals surface area contributed by atoms with E-state index >= 15 is 0 Å². The summed E-state index contributed by atoms with van der Waals surface area (Å²) in [4.78, 5) is 28.2. The molecule has 23 heteroatoms. The van der Waals surface area contributed by atoms with Gasteiger partial charge in [0, 0.05) is 12.8 Å². The van der Waals surface area contributed by atoms with Crippen molar-refractivity contribution < 1.29 is 112 Å². The largest absolute Gasteiger partial charge is 0.456 e. The molecule has 6 aliphatic heterocycles. The Morgan fingerprint density at radius 3 is 1.53 bits per heavy atom. The number of ether oxygens (including phenoxy) is 12. The van der Waals surface area contributed by atoms with Crippen LogP contribution in [0.1, 0.15) is 196 Å². The highest BCUT2D eigenvalue weighted by molar-refractivity contribution is 5.70. The molecule has 6 fully saturated rings. The van der Waals surface area contributed by atoms with Gasteiger partial charge < -0.3 is 103 Å². The smallest absolute Gasteiger partial charge is 0.306 e. The molecular weight excluding hydrogens is 1060 g/mol. The zero-order valence-corrected chi connectivity index (χ0v) is 49.0. The van der Waals surface area contributed by atoms with Gasteiger partial charge in [-0.2, -0.15) is 0 Å². The summed E-state index contributed by atoms with van der Waals surface area (Å²) in [5.74, 6) is -1.41. The van der Waals surface area contributed by atoms with E-state index < -0.39 is 165 Å². The van der Waals surface area contributed by atoms with Crippen LogP contribution in [0, 0.1) is 0 Å². The molecule has 0 saturated carbocycles. The molecule has 6 rings (SSSR count). The fourth-order valence-electron chi connectivity index (χ4n) is 11.7. The quantitative estimate of drug-likeness (QED) is 0.0584. The topological polar surface area (TPSA) is 327 Å². The second kappa shape index (κ2) is 33.9. The standard InChI is InChI=1S/C58H102O23/c1-8-10-12-13-14-15-18-21-26-30-38(60)77-53-52(81-55-46(68)43(65)40(62)32(4)71-55)49(78-54-45(67)42(64)39(61)31(3)70-54)35(7)74-58(53)79-48-34(6)73-56-47(69)50(48)76-37(59)29-25-22-19-16-17-20-24-28-36(27-23-11-9-2)75-57-51(80-56)44(66)41(63)33(5)72-57/h31-36,39-58,61-69H,8-30H2,1-7H3/t31-,32-,33+,34-,35-,36-,39-,40-,41-,42+,43+,44-,45+,46+,47+,48-,49-,50-,51+,52+,53+,54-,55+,56-,57-,58-/m0/s1. The fraction of sp³-hybridized carbons (Fsp3) is 0.966. The number of carbonyl (C=O) groups excluding carboxylic acids is 2. The summed E-state index contributed by atoms with van der Waals surface area (Å²) in [6.07, 6.45) is -19.0. The van der Waals surface area contributed by atoms with Gasteiger partial charge in [0.15, 0.2) is 43.7 Å². The van der Waals surface area contributed by atoms with E-state index in [0.29, 0.717) is 12.8 Å². The monoisotopic (exact) mass is 1170 g/mol. The normalized spacial score (nSPS) is 43.5. The molecule has 0 aromatic carbocycles. The highest BCUT2D eigenvalue weighted by atomic mass is 16.8. The number of rotatable bonds is 21. The molecule has 23 nitrogen and oxygen atoms in total. The molecule has 9 N–H and O–H groups in total. The molecule has 0 amide bonds. The minimum atomic E-state index is -1.88. The number of aliphatic hydroxyl groups excluding tert-OH is 9. The van der Waals surface area contributed by atoms with E-state index in [1.807, 2.05) is 0 Å². The maximum atomic E-state index is 14.2. The third kappa shape index (κ3) is 19.1. The predicted octanol–water partition coefficient (Wildman–Crippen LogP) is 3.73. The molecule has 26 atom stereocenters. The molecule has 0 aromatic heterocycles. The second-order valence-corrected chi connectivity index (χ2v) is 23.6. The van der Waals surface area contributed by atoms with Gasteiger partial charge >= 0.3 is 11.9 Å². The SMILES string of the molecule is CCCCCCCCCCCC(=O)O[C@H]1[C@H](O[C@@H]2[C@H]3OC(=O)CCCCCCCCC[C@H](CCCCC)O[C@@H]4O[C@H](C)[C@H](O)[C@H](O)[C@H]4O[C@H](O[C@H]2C)[C@@H]3O)O[C@@H](C)[C@H](O[C@@H]2O[C@@H](C)[C@H](O)[C@@H](O)[C@H]2O)[C@H]1O[C@H]1O[C@@H](C)[C@H](O)[C@@H](O)[C@H]1O. The van der Waals surface area contributed by atoms with E-state index in [4.69, 9.17) is 56.8 Å². The van der Waals surface area contributed by atoms with Crippen molar-refractivity contribution in [3.63, 3.8) is 0 Å². The summed E-state index contributed by atoms with van der Waals surface area (Å²) >= 11 is 0. The molecule has 0 radical (unpaired) electrons. The third-order valence-corrected chi connectivity index (χ3v) is 16.9. The van der Waals surface area contributed by atoms with Crippen LogP contribution < -0.4 is 0 Å². The Labute approximate surface area is 478 Å². The van der Waals surface area contributed by atoms with E-state index in [9.17, 15) is 55.5 Å². The van der Waals surface area contributed by atoms with Crippen LogP contribution in [0.3, 0.4) is 0 Å². The lowest BCUT2D eigenvalue weighted by Gasteiger charge is -2.51. The first kappa shape index (κ1) is 68.3. The van der Waals surface area contributed by atoms with Gasteiger partial charge in [0.1, 0.15) is 79.4 Å². The predicted molar refractivity (Wildman–Crippen MR) is 287 cm³/mol. The van der Waals surface area contributed by atoms with Gasteiger partial charge in [0.25, 0.3) is 0 Å². The van der Waals surface area contributed by atoms with Crippen molar-refractivity contribution in [2.45, 2.75) is 356 Å². The zero-order chi connectivity index (χ0) is 58.9. The lowest BCUT2D eigenvalue weighted by atomic mass is 9.95. The molecule has 6 heterocycles. The molecule has 0 aromatic rings. The maximum absolute atomic E-state index is 14.2. The van der Waals surface area contributed by atoms with E-state index in [2.05, 4.69) is 13.8 Å². The van der Waals surface area contributed by atoms with Gasteiger partial charge in [0.05, 0.1) is 36.6 Å². The molecule has 6 aliphatic rings. The minimum Gasteiger partial charge on any atom is -0.456 e. The van der Waals surface area contributed by atoms with E-state index in [-0.39, 0.29) is 18.9 Å². The molecule has 2 bridgehead atoms. The summed E-state index contributed by atoms with van der Waals surface area (Å²) in [6.45, 7) is 11.9.